The molecule has 0 aliphatic heterocycles. The quantitative estimate of drug-likeness (QED) is 0.623. The van der Waals surface area contributed by atoms with Crippen molar-refractivity contribution in [1.82, 2.24) is 15.3 Å². The van der Waals surface area contributed by atoms with Gasteiger partial charge in [-0.05, 0) is 42.8 Å². The van der Waals surface area contributed by atoms with E-state index in [1.165, 1.54) is 0 Å². The Bertz CT molecular complexity index is 889. The average Bonchev–Trinajstić information content (AvgIpc) is 3.00. The molecule has 2 aromatic carbocycles. The number of hydrogen-bond acceptors (Lipinski definition) is 2. The molecule has 0 saturated carbocycles. The zero-order valence-electron chi connectivity index (χ0n) is 13.2. The van der Waals surface area contributed by atoms with Crippen molar-refractivity contribution in [1.29, 1.82) is 0 Å². The molecule has 2 N–H and O–H groups in total. The third kappa shape index (κ3) is 3.55. The van der Waals surface area contributed by atoms with Crippen LogP contribution in [0.5, 0.6) is 0 Å². The second-order valence-electron chi connectivity index (χ2n) is 5.56. The number of aromatic amines is 1. The summed E-state index contributed by atoms with van der Waals surface area (Å²) in [5.41, 5.74) is 3.05. The number of benzene rings is 2. The van der Waals surface area contributed by atoms with Crippen LogP contribution < -0.4 is 5.32 Å². The minimum Gasteiger partial charge on any atom is -0.352 e. The number of fused-ring (bicyclic) bond motifs is 1. The first-order valence-electron chi connectivity index (χ1n) is 7.82. The summed E-state index contributed by atoms with van der Waals surface area (Å²) in [6.07, 6.45) is 2.02. The summed E-state index contributed by atoms with van der Waals surface area (Å²) in [5.74, 6) is 0.614. The van der Waals surface area contributed by atoms with Crippen molar-refractivity contribution < 1.29 is 4.79 Å². The van der Waals surface area contributed by atoms with Gasteiger partial charge >= 0.3 is 0 Å². The molecule has 1 amide bonds. The molecular formula is C18H17Cl2N3O. The van der Waals surface area contributed by atoms with E-state index in [1.807, 2.05) is 18.2 Å². The van der Waals surface area contributed by atoms with E-state index in [0.717, 1.165) is 29.4 Å². The molecular weight excluding hydrogens is 345 g/mol. The summed E-state index contributed by atoms with van der Waals surface area (Å²) in [5, 5.41) is 3.89. The van der Waals surface area contributed by atoms with Crippen molar-refractivity contribution in [3.63, 3.8) is 0 Å². The number of amides is 1. The number of halogens is 2. The summed E-state index contributed by atoms with van der Waals surface area (Å²) in [6.45, 7) is 2.78. The van der Waals surface area contributed by atoms with Gasteiger partial charge in [0, 0.05) is 17.7 Å². The van der Waals surface area contributed by atoms with Gasteiger partial charge < -0.3 is 10.3 Å². The number of aromatic nitrogens is 2. The molecule has 0 radical (unpaired) electrons. The molecule has 24 heavy (non-hydrogen) atoms. The minimum atomic E-state index is -0.0731. The maximum absolute atomic E-state index is 12.1. The fourth-order valence-corrected chi connectivity index (χ4v) is 2.71. The Kier molecular flexibility index (Phi) is 5.07. The van der Waals surface area contributed by atoms with Crippen LogP contribution in [0.1, 0.15) is 30.1 Å². The molecule has 124 valence electrons. The van der Waals surface area contributed by atoms with Crippen molar-refractivity contribution >= 4 is 40.1 Å². The van der Waals surface area contributed by atoms with E-state index in [0.29, 0.717) is 28.0 Å². The van der Waals surface area contributed by atoms with E-state index in [2.05, 4.69) is 22.2 Å². The largest absolute Gasteiger partial charge is 0.352 e. The first-order valence-corrected chi connectivity index (χ1v) is 8.57. The number of carbonyl (C=O) groups is 1. The Labute approximate surface area is 150 Å². The lowest BCUT2D eigenvalue weighted by molar-refractivity contribution is 0.0953. The van der Waals surface area contributed by atoms with Crippen LogP contribution in [0.25, 0.3) is 22.4 Å². The van der Waals surface area contributed by atoms with Gasteiger partial charge in [0.2, 0.25) is 0 Å². The maximum Gasteiger partial charge on any atom is 0.251 e. The fraction of sp³-hybridized carbons (Fsp3) is 0.222. The second-order valence-corrected chi connectivity index (χ2v) is 6.37. The number of imidazole rings is 1. The van der Waals surface area contributed by atoms with Gasteiger partial charge in [0.1, 0.15) is 5.82 Å². The van der Waals surface area contributed by atoms with Crippen LogP contribution in [-0.4, -0.2) is 22.4 Å². The molecule has 1 heterocycles. The molecule has 0 fully saturated rings. The highest BCUT2D eigenvalue weighted by Crippen LogP contribution is 2.28. The van der Waals surface area contributed by atoms with Crippen LogP contribution in [0, 0.1) is 0 Å². The number of rotatable bonds is 5. The lowest BCUT2D eigenvalue weighted by atomic mass is 10.2. The Morgan fingerprint density at radius 3 is 2.75 bits per heavy atom. The van der Waals surface area contributed by atoms with E-state index in [-0.39, 0.29) is 5.91 Å². The van der Waals surface area contributed by atoms with Crippen molar-refractivity contribution in [2.24, 2.45) is 0 Å². The van der Waals surface area contributed by atoms with E-state index in [9.17, 15) is 4.79 Å². The number of nitrogens with zero attached hydrogens (tertiary/aromatic N) is 1. The maximum atomic E-state index is 12.1. The van der Waals surface area contributed by atoms with Gasteiger partial charge in [0.25, 0.3) is 5.91 Å². The Morgan fingerprint density at radius 2 is 2.00 bits per heavy atom. The summed E-state index contributed by atoms with van der Waals surface area (Å²) in [6, 6.07) is 10.8. The van der Waals surface area contributed by atoms with Crippen LogP contribution in [-0.2, 0) is 0 Å². The lowest BCUT2D eigenvalue weighted by Crippen LogP contribution is -2.24. The molecule has 0 saturated heterocycles. The molecule has 0 spiro atoms. The highest BCUT2D eigenvalue weighted by molar-refractivity contribution is 6.42. The molecule has 0 aliphatic carbocycles. The standard InChI is InChI=1S/C18H17Cl2N3O/c1-2-3-8-21-18(24)12-5-7-15-16(10-12)23-17(22-15)11-4-6-13(19)14(20)9-11/h4-7,9-10H,2-3,8H2,1H3,(H,21,24)(H,22,23). The van der Waals surface area contributed by atoms with Gasteiger partial charge in [0.05, 0.1) is 21.1 Å². The zero-order valence-corrected chi connectivity index (χ0v) is 14.7. The first-order chi connectivity index (χ1) is 11.6. The van der Waals surface area contributed by atoms with Gasteiger partial charge in [0.15, 0.2) is 0 Å². The lowest BCUT2D eigenvalue weighted by Gasteiger charge is -2.03. The van der Waals surface area contributed by atoms with E-state index < -0.39 is 0 Å². The third-order valence-electron chi connectivity index (χ3n) is 3.75. The Morgan fingerprint density at radius 1 is 1.17 bits per heavy atom. The van der Waals surface area contributed by atoms with Crippen molar-refractivity contribution in [2.75, 3.05) is 6.54 Å². The molecule has 0 bridgehead atoms. The van der Waals surface area contributed by atoms with E-state index in [4.69, 9.17) is 23.2 Å². The van der Waals surface area contributed by atoms with Crippen molar-refractivity contribution in [3.05, 3.63) is 52.0 Å². The van der Waals surface area contributed by atoms with Gasteiger partial charge in [-0.25, -0.2) is 4.98 Å². The molecule has 1 aromatic heterocycles. The molecule has 6 heteroatoms. The van der Waals surface area contributed by atoms with Gasteiger partial charge in [-0.2, -0.15) is 0 Å². The second kappa shape index (κ2) is 7.24. The van der Waals surface area contributed by atoms with Crippen LogP contribution in [0.2, 0.25) is 10.0 Å². The number of unbranched alkanes of at least 4 members (excludes halogenated alkanes) is 1. The Hall–Kier alpha value is -2.04. The van der Waals surface area contributed by atoms with Crippen molar-refractivity contribution in [2.45, 2.75) is 19.8 Å². The molecule has 0 atom stereocenters. The average molecular weight is 362 g/mol. The Balaban J connectivity index is 1.88. The normalized spacial score (nSPS) is 11.0. The zero-order chi connectivity index (χ0) is 17.1. The number of hydrogen-bond donors (Lipinski definition) is 2. The van der Waals surface area contributed by atoms with Crippen LogP contribution in [0.3, 0.4) is 0 Å². The molecule has 3 aromatic rings. The highest BCUT2D eigenvalue weighted by atomic mass is 35.5. The summed E-state index contributed by atoms with van der Waals surface area (Å²) in [7, 11) is 0. The molecule has 4 nitrogen and oxygen atoms in total. The van der Waals surface area contributed by atoms with E-state index >= 15 is 0 Å². The molecule has 0 unspecified atom stereocenters. The number of H-pyrrole nitrogens is 1. The van der Waals surface area contributed by atoms with E-state index in [1.54, 1.807) is 18.2 Å². The van der Waals surface area contributed by atoms with Gasteiger partial charge in [-0.1, -0.05) is 36.5 Å². The topological polar surface area (TPSA) is 57.8 Å². The number of nitrogens with one attached hydrogen (secondary N) is 2. The van der Waals surface area contributed by atoms with Gasteiger partial charge in [-0.15, -0.1) is 0 Å². The van der Waals surface area contributed by atoms with Crippen molar-refractivity contribution in [3.8, 4) is 11.4 Å². The molecule has 0 aliphatic rings. The predicted molar refractivity (Wildman–Crippen MR) is 98.8 cm³/mol. The van der Waals surface area contributed by atoms with Crippen LogP contribution in [0.15, 0.2) is 36.4 Å². The van der Waals surface area contributed by atoms with Gasteiger partial charge in [-0.3, -0.25) is 4.79 Å². The number of carbonyl (C=O) groups excluding carboxylic acids is 1. The highest BCUT2D eigenvalue weighted by Gasteiger charge is 2.10. The monoisotopic (exact) mass is 361 g/mol. The van der Waals surface area contributed by atoms with Crippen LogP contribution in [0.4, 0.5) is 0 Å². The summed E-state index contributed by atoms with van der Waals surface area (Å²) < 4.78 is 0. The summed E-state index contributed by atoms with van der Waals surface area (Å²) in [4.78, 5) is 19.9. The fourth-order valence-electron chi connectivity index (χ4n) is 2.41. The predicted octanol–water partition coefficient (Wildman–Crippen LogP) is 5.07. The molecule has 3 rings (SSSR count). The smallest absolute Gasteiger partial charge is 0.251 e. The summed E-state index contributed by atoms with van der Waals surface area (Å²) >= 11 is 12.0. The third-order valence-corrected chi connectivity index (χ3v) is 4.49. The minimum absolute atomic E-state index is 0.0731. The van der Waals surface area contributed by atoms with Crippen LogP contribution >= 0.6 is 23.2 Å². The SMILES string of the molecule is CCCCNC(=O)c1ccc2nc(-c3ccc(Cl)c(Cl)c3)[nH]c2c1. The first kappa shape index (κ1) is 16.8.